The molecule has 1 aliphatic rings. The van der Waals surface area contributed by atoms with E-state index in [-0.39, 0.29) is 10.9 Å². The zero-order valence-electron chi connectivity index (χ0n) is 12.9. The van der Waals surface area contributed by atoms with Crippen molar-refractivity contribution in [2.24, 2.45) is 0 Å². The Kier molecular flexibility index (Phi) is 4.48. The lowest BCUT2D eigenvalue weighted by Crippen LogP contribution is -3.12. The second-order valence-electron chi connectivity index (χ2n) is 5.91. The first-order valence-electron chi connectivity index (χ1n) is 7.62. The molecule has 6 heteroatoms. The van der Waals surface area contributed by atoms with Crippen molar-refractivity contribution in [1.29, 1.82) is 0 Å². The lowest BCUT2D eigenvalue weighted by atomic mass is 10.1. The second kappa shape index (κ2) is 6.39. The van der Waals surface area contributed by atoms with E-state index in [1.807, 2.05) is 30.3 Å². The molecule has 2 aromatic carbocycles. The molecule has 1 heterocycles. The van der Waals surface area contributed by atoms with Gasteiger partial charge in [-0.05, 0) is 29.8 Å². The normalized spacial score (nSPS) is 22.9. The molecule has 23 heavy (non-hydrogen) atoms. The molecule has 0 aliphatic carbocycles. The van der Waals surface area contributed by atoms with Gasteiger partial charge in [-0.1, -0.05) is 30.3 Å². The zero-order valence-corrected chi connectivity index (χ0v) is 13.8. The molecule has 1 saturated heterocycles. The SMILES string of the molecule is C[NH+]1CCN(S(=O)(=O)c2ccc(F)cc2)[C@H](c2ccccc2)C1. The molecule has 1 unspecified atom stereocenters. The molecule has 4 nitrogen and oxygen atoms in total. The molecule has 2 atom stereocenters. The summed E-state index contributed by atoms with van der Waals surface area (Å²) in [5.74, 6) is -0.439. The maximum Gasteiger partial charge on any atom is 0.244 e. The van der Waals surface area contributed by atoms with E-state index in [1.165, 1.54) is 29.2 Å². The topological polar surface area (TPSA) is 41.8 Å². The van der Waals surface area contributed by atoms with E-state index >= 15 is 0 Å². The van der Waals surface area contributed by atoms with Crippen LogP contribution in [-0.2, 0) is 10.0 Å². The Balaban J connectivity index is 1.99. The van der Waals surface area contributed by atoms with Gasteiger partial charge >= 0.3 is 0 Å². The predicted molar refractivity (Wildman–Crippen MR) is 86.1 cm³/mol. The summed E-state index contributed by atoms with van der Waals surface area (Å²) < 4.78 is 40.6. The van der Waals surface area contributed by atoms with E-state index in [9.17, 15) is 12.8 Å². The third-order valence-electron chi connectivity index (χ3n) is 4.25. The van der Waals surface area contributed by atoms with Gasteiger partial charge in [0.2, 0.25) is 10.0 Å². The van der Waals surface area contributed by atoms with Crippen LogP contribution in [0.5, 0.6) is 0 Å². The van der Waals surface area contributed by atoms with Crippen LogP contribution in [0.15, 0.2) is 59.5 Å². The summed E-state index contributed by atoms with van der Waals surface area (Å²) in [5.41, 5.74) is 0.984. The molecule has 0 saturated carbocycles. The number of sulfonamides is 1. The minimum Gasteiger partial charge on any atom is -0.335 e. The van der Waals surface area contributed by atoms with Crippen LogP contribution in [0.4, 0.5) is 4.39 Å². The number of rotatable bonds is 3. The number of nitrogens with zero attached hydrogens (tertiary/aromatic N) is 1. The minimum atomic E-state index is -3.65. The monoisotopic (exact) mass is 335 g/mol. The molecule has 1 aliphatic heterocycles. The summed E-state index contributed by atoms with van der Waals surface area (Å²) in [6, 6.07) is 14.5. The van der Waals surface area contributed by atoms with Gasteiger partial charge in [-0.2, -0.15) is 4.31 Å². The van der Waals surface area contributed by atoms with Gasteiger partial charge in [0.1, 0.15) is 5.82 Å². The molecule has 1 N–H and O–H groups in total. The van der Waals surface area contributed by atoms with Crippen molar-refractivity contribution < 1.29 is 17.7 Å². The molecular weight excluding hydrogens is 315 g/mol. The van der Waals surface area contributed by atoms with Crippen LogP contribution in [0.3, 0.4) is 0 Å². The highest BCUT2D eigenvalue weighted by Gasteiger charge is 2.38. The fraction of sp³-hybridized carbons (Fsp3) is 0.294. The molecule has 122 valence electrons. The largest absolute Gasteiger partial charge is 0.335 e. The average molecular weight is 335 g/mol. The molecule has 0 bridgehead atoms. The molecule has 1 fully saturated rings. The van der Waals surface area contributed by atoms with Crippen LogP contribution in [0.1, 0.15) is 11.6 Å². The highest BCUT2D eigenvalue weighted by molar-refractivity contribution is 7.89. The predicted octanol–water partition coefficient (Wildman–Crippen LogP) is 1.09. The van der Waals surface area contributed by atoms with Crippen molar-refractivity contribution in [2.45, 2.75) is 10.9 Å². The Bertz CT molecular complexity index is 763. The number of likely N-dealkylation sites (N-methyl/N-ethyl adjacent to an activating group) is 1. The Morgan fingerprint density at radius 1 is 1.09 bits per heavy atom. The first-order valence-corrected chi connectivity index (χ1v) is 9.06. The number of hydrogen-bond donors (Lipinski definition) is 1. The maximum absolute atomic E-state index is 13.1. The lowest BCUT2D eigenvalue weighted by molar-refractivity contribution is -0.887. The fourth-order valence-corrected chi connectivity index (χ4v) is 4.59. The number of piperazine rings is 1. The fourth-order valence-electron chi connectivity index (χ4n) is 2.98. The van der Waals surface area contributed by atoms with Crippen LogP contribution in [0, 0.1) is 5.82 Å². The van der Waals surface area contributed by atoms with Crippen molar-refractivity contribution in [3.63, 3.8) is 0 Å². The standard InChI is InChI=1S/C17H19FN2O2S/c1-19-11-12-20(17(13-19)14-5-3-2-4-6-14)23(21,22)16-9-7-15(18)8-10-16/h2-10,17H,11-13H2,1H3/p+1/t17-/m0/s1. The van der Waals surface area contributed by atoms with Gasteiger partial charge in [-0.3, -0.25) is 0 Å². The number of nitrogens with one attached hydrogen (secondary N) is 1. The highest BCUT2D eigenvalue weighted by atomic mass is 32.2. The zero-order chi connectivity index (χ0) is 16.4. The van der Waals surface area contributed by atoms with Gasteiger partial charge in [0.15, 0.2) is 0 Å². The van der Waals surface area contributed by atoms with E-state index in [0.29, 0.717) is 13.1 Å². The van der Waals surface area contributed by atoms with Crippen LogP contribution >= 0.6 is 0 Å². The van der Waals surface area contributed by atoms with Gasteiger partial charge in [-0.15, -0.1) is 0 Å². The van der Waals surface area contributed by atoms with Crippen LogP contribution < -0.4 is 4.90 Å². The first-order chi connectivity index (χ1) is 11.0. The van der Waals surface area contributed by atoms with Crippen LogP contribution in [-0.4, -0.2) is 39.4 Å². The molecule has 3 rings (SSSR count). The Hall–Kier alpha value is -1.76. The third-order valence-corrected chi connectivity index (χ3v) is 6.18. The summed E-state index contributed by atoms with van der Waals surface area (Å²) in [5, 5.41) is 0. The van der Waals surface area contributed by atoms with Crippen molar-refractivity contribution in [1.82, 2.24) is 4.31 Å². The summed E-state index contributed by atoms with van der Waals surface area (Å²) in [4.78, 5) is 1.43. The molecule has 2 aromatic rings. The van der Waals surface area contributed by atoms with Gasteiger partial charge < -0.3 is 4.90 Å². The molecule has 0 aromatic heterocycles. The number of quaternary nitrogens is 1. The highest BCUT2D eigenvalue weighted by Crippen LogP contribution is 2.27. The Labute approximate surface area is 136 Å². The van der Waals surface area contributed by atoms with E-state index in [1.54, 1.807) is 4.31 Å². The van der Waals surface area contributed by atoms with Crippen molar-refractivity contribution in [2.75, 3.05) is 26.7 Å². The molecular formula is C17H20FN2O2S+. The number of hydrogen-bond acceptors (Lipinski definition) is 2. The minimum absolute atomic E-state index is 0.138. The van der Waals surface area contributed by atoms with Crippen molar-refractivity contribution >= 4 is 10.0 Å². The average Bonchev–Trinajstić information content (AvgIpc) is 2.56. The van der Waals surface area contributed by atoms with Gasteiger partial charge in [0, 0.05) is 0 Å². The van der Waals surface area contributed by atoms with E-state index in [4.69, 9.17) is 0 Å². The summed E-state index contributed by atoms with van der Waals surface area (Å²) in [6.07, 6.45) is 0. The quantitative estimate of drug-likeness (QED) is 0.912. The Morgan fingerprint density at radius 3 is 2.39 bits per heavy atom. The third kappa shape index (κ3) is 3.29. The summed E-state index contributed by atoms with van der Waals surface area (Å²) in [7, 11) is -1.58. The molecule has 0 amide bonds. The van der Waals surface area contributed by atoms with Crippen molar-refractivity contribution in [3.8, 4) is 0 Å². The van der Waals surface area contributed by atoms with Gasteiger partial charge in [-0.25, -0.2) is 12.8 Å². The summed E-state index contributed by atoms with van der Waals surface area (Å²) >= 11 is 0. The van der Waals surface area contributed by atoms with E-state index < -0.39 is 15.8 Å². The Morgan fingerprint density at radius 2 is 1.74 bits per heavy atom. The number of halogens is 1. The van der Waals surface area contributed by atoms with Crippen LogP contribution in [0.25, 0.3) is 0 Å². The first kappa shape index (κ1) is 16.1. The van der Waals surface area contributed by atoms with Crippen LogP contribution in [0.2, 0.25) is 0 Å². The van der Waals surface area contributed by atoms with E-state index in [2.05, 4.69) is 7.05 Å². The summed E-state index contributed by atoms with van der Waals surface area (Å²) in [6.45, 7) is 1.92. The number of benzene rings is 2. The maximum atomic E-state index is 13.1. The molecule has 0 spiro atoms. The van der Waals surface area contributed by atoms with E-state index in [0.717, 1.165) is 12.1 Å². The van der Waals surface area contributed by atoms with Gasteiger partial charge in [0.05, 0.1) is 37.6 Å². The smallest absolute Gasteiger partial charge is 0.244 e. The lowest BCUT2D eigenvalue weighted by Gasteiger charge is -2.37. The molecule has 0 radical (unpaired) electrons. The van der Waals surface area contributed by atoms with Crippen molar-refractivity contribution in [3.05, 3.63) is 66.0 Å². The second-order valence-corrected chi connectivity index (χ2v) is 7.80. The van der Waals surface area contributed by atoms with Gasteiger partial charge in [0.25, 0.3) is 0 Å².